The van der Waals surface area contributed by atoms with Crippen molar-refractivity contribution in [1.29, 1.82) is 0 Å². The van der Waals surface area contributed by atoms with Gasteiger partial charge in [-0.05, 0) is 49.2 Å². The second-order valence-corrected chi connectivity index (χ2v) is 10.9. The average molecular weight is 578 g/mol. The Hall–Kier alpha value is -2.99. The van der Waals surface area contributed by atoms with Crippen molar-refractivity contribution in [3.05, 3.63) is 58.6 Å². The van der Waals surface area contributed by atoms with Crippen molar-refractivity contribution >= 4 is 39.1 Å². The maximum Gasteiger partial charge on any atom is 0.416 e. The van der Waals surface area contributed by atoms with Crippen LogP contribution in [0.2, 0.25) is 5.02 Å². The number of nitrogens with zero attached hydrogens (tertiary/aromatic N) is 2. The van der Waals surface area contributed by atoms with Crippen LogP contribution in [0.25, 0.3) is 0 Å². The quantitative estimate of drug-likeness (QED) is 0.376. The van der Waals surface area contributed by atoms with Gasteiger partial charge in [-0.2, -0.15) is 13.2 Å². The van der Waals surface area contributed by atoms with Gasteiger partial charge < -0.3 is 15.0 Å². The Labute approximate surface area is 225 Å². The summed E-state index contributed by atoms with van der Waals surface area (Å²) in [7, 11) is -2.77. The molecule has 38 heavy (non-hydrogen) atoms. The first-order valence-corrected chi connectivity index (χ1v) is 14.0. The first-order valence-electron chi connectivity index (χ1n) is 11.7. The maximum atomic E-state index is 13.5. The van der Waals surface area contributed by atoms with Crippen molar-refractivity contribution in [2.24, 2.45) is 0 Å². The zero-order valence-electron chi connectivity index (χ0n) is 21.5. The molecule has 2 aromatic carbocycles. The summed E-state index contributed by atoms with van der Waals surface area (Å²) in [6.45, 7) is 2.89. The molecule has 0 spiro atoms. The molecule has 0 radical (unpaired) electrons. The van der Waals surface area contributed by atoms with Gasteiger partial charge in [-0.25, -0.2) is 8.42 Å². The number of rotatable bonds is 12. The van der Waals surface area contributed by atoms with E-state index in [0.29, 0.717) is 34.3 Å². The Morgan fingerprint density at radius 2 is 1.76 bits per heavy atom. The number of sulfonamides is 1. The first kappa shape index (κ1) is 31.2. The fourth-order valence-corrected chi connectivity index (χ4v) is 4.64. The second-order valence-electron chi connectivity index (χ2n) is 8.62. The molecule has 13 heteroatoms. The molecular weight excluding hydrogens is 547 g/mol. The molecule has 1 N–H and O–H groups in total. The van der Waals surface area contributed by atoms with Crippen LogP contribution in [0.4, 0.5) is 18.9 Å². The Bertz CT molecular complexity index is 1220. The monoisotopic (exact) mass is 577 g/mol. The highest BCUT2D eigenvalue weighted by molar-refractivity contribution is 7.92. The van der Waals surface area contributed by atoms with Gasteiger partial charge >= 0.3 is 6.18 Å². The van der Waals surface area contributed by atoms with Gasteiger partial charge in [-0.1, -0.05) is 37.1 Å². The van der Waals surface area contributed by atoms with Crippen molar-refractivity contribution in [3.8, 4) is 5.75 Å². The fraction of sp³-hybridized carbons (Fsp3) is 0.440. The van der Waals surface area contributed by atoms with E-state index in [2.05, 4.69) is 5.32 Å². The normalized spacial score (nSPS) is 12.5. The van der Waals surface area contributed by atoms with Gasteiger partial charge in [0.05, 0.1) is 29.6 Å². The van der Waals surface area contributed by atoms with Crippen LogP contribution in [0.5, 0.6) is 5.75 Å². The summed E-state index contributed by atoms with van der Waals surface area (Å²) in [5, 5.41) is 2.45. The molecule has 8 nitrogen and oxygen atoms in total. The van der Waals surface area contributed by atoms with Crippen LogP contribution < -0.4 is 14.4 Å². The largest absolute Gasteiger partial charge is 0.497 e. The van der Waals surface area contributed by atoms with Crippen molar-refractivity contribution in [1.82, 2.24) is 10.2 Å². The number of alkyl halides is 3. The summed E-state index contributed by atoms with van der Waals surface area (Å²) < 4.78 is 70.9. The average Bonchev–Trinajstić information content (AvgIpc) is 2.84. The molecular formula is C25H31ClF3N3O5S. The third kappa shape index (κ3) is 8.52. The molecule has 2 aromatic rings. The van der Waals surface area contributed by atoms with Crippen LogP contribution >= 0.6 is 11.6 Å². The number of halogens is 4. The van der Waals surface area contributed by atoms with Crippen LogP contribution in [0.3, 0.4) is 0 Å². The lowest BCUT2D eigenvalue weighted by Gasteiger charge is -2.32. The maximum absolute atomic E-state index is 13.5. The number of unbranched alkanes of at least 4 members (excludes halogenated alkanes) is 1. The van der Waals surface area contributed by atoms with E-state index in [1.165, 1.54) is 18.9 Å². The number of nitrogens with one attached hydrogen (secondary N) is 1. The van der Waals surface area contributed by atoms with E-state index < -0.39 is 51.9 Å². The first-order chi connectivity index (χ1) is 17.7. The molecule has 0 aliphatic heterocycles. The smallest absolute Gasteiger partial charge is 0.416 e. The molecule has 0 aliphatic carbocycles. The number of hydrogen-bond donors (Lipinski definition) is 1. The molecule has 2 rings (SSSR count). The highest BCUT2D eigenvalue weighted by atomic mass is 35.5. The van der Waals surface area contributed by atoms with Gasteiger partial charge in [0.15, 0.2) is 0 Å². The summed E-state index contributed by atoms with van der Waals surface area (Å²) in [4.78, 5) is 27.5. The summed E-state index contributed by atoms with van der Waals surface area (Å²) in [6, 6.07) is 7.88. The van der Waals surface area contributed by atoms with Crippen LogP contribution in [-0.4, -0.2) is 57.6 Å². The lowest BCUT2D eigenvalue weighted by atomic mass is 10.1. The highest BCUT2D eigenvalue weighted by Gasteiger charge is 2.34. The van der Waals surface area contributed by atoms with Gasteiger partial charge in [-0.15, -0.1) is 0 Å². The Kier molecular flexibility index (Phi) is 10.8. The molecule has 0 saturated heterocycles. The van der Waals surface area contributed by atoms with Crippen molar-refractivity contribution < 1.29 is 35.9 Å². The van der Waals surface area contributed by atoms with Gasteiger partial charge in [0, 0.05) is 13.1 Å². The third-order valence-corrected chi connectivity index (χ3v) is 7.18. The van der Waals surface area contributed by atoms with E-state index >= 15 is 0 Å². The number of amides is 2. The van der Waals surface area contributed by atoms with E-state index in [9.17, 15) is 31.2 Å². The molecule has 0 aromatic heterocycles. The number of ether oxygens (including phenoxy) is 1. The van der Waals surface area contributed by atoms with Crippen LogP contribution in [0.15, 0.2) is 42.5 Å². The topological polar surface area (TPSA) is 96.0 Å². The second kappa shape index (κ2) is 13.2. The number of anilines is 1. The number of hydrogen-bond acceptors (Lipinski definition) is 5. The van der Waals surface area contributed by atoms with Gasteiger partial charge in [-0.3, -0.25) is 13.9 Å². The van der Waals surface area contributed by atoms with Crippen LogP contribution in [0, 0.1) is 0 Å². The Morgan fingerprint density at radius 1 is 1.13 bits per heavy atom. The summed E-state index contributed by atoms with van der Waals surface area (Å²) in [5.74, 6) is -0.694. The number of methoxy groups -OCH3 is 1. The minimum absolute atomic E-state index is 0.0703. The van der Waals surface area contributed by atoms with Crippen molar-refractivity contribution in [2.75, 3.05) is 30.8 Å². The minimum atomic E-state index is -4.77. The molecule has 0 aliphatic rings. The van der Waals surface area contributed by atoms with E-state index in [4.69, 9.17) is 16.3 Å². The number of benzene rings is 2. The highest BCUT2D eigenvalue weighted by Crippen LogP contribution is 2.36. The summed E-state index contributed by atoms with van der Waals surface area (Å²) in [6.07, 6.45) is -2.45. The lowest BCUT2D eigenvalue weighted by molar-refractivity contribution is -0.139. The summed E-state index contributed by atoms with van der Waals surface area (Å²) in [5.41, 5.74) is -1.01. The molecule has 0 heterocycles. The molecule has 2 amide bonds. The molecule has 0 bridgehead atoms. The minimum Gasteiger partial charge on any atom is -0.497 e. The van der Waals surface area contributed by atoms with E-state index in [-0.39, 0.29) is 11.6 Å². The molecule has 0 unspecified atom stereocenters. The predicted octanol–water partition coefficient (Wildman–Crippen LogP) is 4.47. The van der Waals surface area contributed by atoms with Gasteiger partial charge in [0.2, 0.25) is 21.8 Å². The van der Waals surface area contributed by atoms with E-state index in [1.54, 1.807) is 24.3 Å². The Morgan fingerprint density at radius 3 is 2.29 bits per heavy atom. The molecule has 1 atom stereocenters. The van der Waals surface area contributed by atoms with Crippen molar-refractivity contribution in [2.45, 2.75) is 45.5 Å². The lowest BCUT2D eigenvalue weighted by Crippen LogP contribution is -2.51. The van der Waals surface area contributed by atoms with Gasteiger partial charge in [0.25, 0.3) is 0 Å². The molecule has 210 valence electrons. The number of carbonyl (C=O) groups excluding carboxylic acids is 2. The zero-order valence-corrected chi connectivity index (χ0v) is 23.1. The standard InChI is InChI=1S/C25H31ClF3N3O5S/c1-5-6-13-30-24(34)17(2)31(15-18-7-10-20(37-3)11-8-18)23(33)16-32(38(4,35)36)22-14-19(25(27,28)29)9-12-21(22)26/h7-12,14,17H,5-6,13,15-16H2,1-4H3,(H,30,34)/t17-/m0/s1. The zero-order chi connectivity index (χ0) is 28.7. The van der Waals surface area contributed by atoms with Gasteiger partial charge in [0.1, 0.15) is 18.3 Å². The SMILES string of the molecule is CCCCNC(=O)[C@H](C)N(Cc1ccc(OC)cc1)C(=O)CN(c1cc(C(F)(F)F)ccc1Cl)S(C)(=O)=O. The van der Waals surface area contributed by atoms with E-state index in [1.807, 2.05) is 6.92 Å². The molecule has 0 fully saturated rings. The Balaban J connectivity index is 2.46. The summed E-state index contributed by atoms with van der Waals surface area (Å²) >= 11 is 6.08. The number of carbonyl (C=O) groups is 2. The van der Waals surface area contributed by atoms with Crippen LogP contribution in [-0.2, 0) is 32.3 Å². The van der Waals surface area contributed by atoms with E-state index in [0.717, 1.165) is 25.2 Å². The predicted molar refractivity (Wildman–Crippen MR) is 140 cm³/mol. The van der Waals surface area contributed by atoms with Crippen LogP contribution in [0.1, 0.15) is 37.8 Å². The fourth-order valence-electron chi connectivity index (χ4n) is 3.52. The van der Waals surface area contributed by atoms with Crippen molar-refractivity contribution in [3.63, 3.8) is 0 Å². The molecule has 0 saturated carbocycles. The third-order valence-electron chi connectivity index (χ3n) is 5.73.